The Morgan fingerprint density at radius 1 is 0.960 bits per heavy atom. The van der Waals surface area contributed by atoms with Crippen molar-refractivity contribution in [2.75, 3.05) is 36.4 Å². The maximum Gasteiger partial charge on any atom is 0.173 e. The second-order valence-electron chi connectivity index (χ2n) is 5.96. The zero-order valence-corrected chi connectivity index (χ0v) is 16.8. The van der Waals surface area contributed by atoms with E-state index in [-0.39, 0.29) is 0 Å². The molecule has 0 aromatic heterocycles. The number of benzene rings is 2. The van der Waals surface area contributed by atoms with E-state index in [1.807, 2.05) is 12.1 Å². The van der Waals surface area contributed by atoms with Gasteiger partial charge in [-0.2, -0.15) is 0 Å². The molecule has 25 heavy (non-hydrogen) atoms. The van der Waals surface area contributed by atoms with E-state index in [1.165, 1.54) is 11.3 Å². The van der Waals surface area contributed by atoms with Crippen molar-refractivity contribution >= 4 is 63.5 Å². The Kier molecular flexibility index (Phi) is 5.95. The lowest BCUT2D eigenvalue weighted by molar-refractivity contribution is 0.390. The molecule has 0 amide bonds. The van der Waals surface area contributed by atoms with Crippen molar-refractivity contribution in [1.29, 1.82) is 0 Å². The second-order valence-corrected chi connectivity index (χ2v) is 7.63. The average molecular weight is 415 g/mol. The summed E-state index contributed by atoms with van der Waals surface area (Å²) >= 11 is 23.9. The smallest absolute Gasteiger partial charge is 0.173 e. The Labute approximate surface area is 168 Å². The van der Waals surface area contributed by atoms with Gasteiger partial charge in [-0.15, -0.1) is 0 Å². The third kappa shape index (κ3) is 4.50. The number of piperazine rings is 1. The monoisotopic (exact) mass is 413 g/mol. The predicted octanol–water partition coefficient (Wildman–Crippen LogP) is 5.47. The van der Waals surface area contributed by atoms with Crippen LogP contribution in [-0.4, -0.2) is 36.2 Å². The standard InChI is InChI=1S/C18H18Cl3N3S/c1-12-2-3-14(20)11-17(12)23-6-8-24(9-7-23)18(25)22-16-10-13(19)4-5-15(16)21/h2-5,10-11H,6-9H2,1H3,(H,22,25). The van der Waals surface area contributed by atoms with Gasteiger partial charge >= 0.3 is 0 Å². The van der Waals surface area contributed by atoms with Gasteiger partial charge in [0, 0.05) is 41.9 Å². The van der Waals surface area contributed by atoms with Crippen LogP contribution < -0.4 is 10.2 Å². The van der Waals surface area contributed by atoms with Crippen LogP contribution in [-0.2, 0) is 0 Å². The number of halogens is 3. The molecule has 0 unspecified atom stereocenters. The Balaban J connectivity index is 1.63. The minimum absolute atomic E-state index is 0.597. The third-order valence-corrected chi connectivity index (χ3v) is 5.41. The highest BCUT2D eigenvalue weighted by Crippen LogP contribution is 2.27. The molecule has 1 aliphatic rings. The second kappa shape index (κ2) is 8.00. The molecular weight excluding hydrogens is 397 g/mol. The van der Waals surface area contributed by atoms with Crippen molar-refractivity contribution in [3.63, 3.8) is 0 Å². The molecule has 0 radical (unpaired) electrons. The van der Waals surface area contributed by atoms with Gasteiger partial charge in [0.25, 0.3) is 0 Å². The van der Waals surface area contributed by atoms with Crippen molar-refractivity contribution in [3.05, 3.63) is 57.0 Å². The molecule has 3 nitrogen and oxygen atoms in total. The third-order valence-electron chi connectivity index (χ3n) is 4.25. The molecule has 1 fully saturated rings. The molecule has 2 aromatic rings. The quantitative estimate of drug-likeness (QED) is 0.656. The number of anilines is 2. The van der Waals surface area contributed by atoms with Crippen LogP contribution in [0.4, 0.5) is 11.4 Å². The maximum absolute atomic E-state index is 6.19. The summed E-state index contributed by atoms with van der Waals surface area (Å²) in [5.74, 6) is 0. The summed E-state index contributed by atoms with van der Waals surface area (Å²) in [4.78, 5) is 4.48. The van der Waals surface area contributed by atoms with Crippen molar-refractivity contribution in [1.82, 2.24) is 4.90 Å². The summed E-state index contributed by atoms with van der Waals surface area (Å²) in [5.41, 5.74) is 3.14. The van der Waals surface area contributed by atoms with Crippen LogP contribution in [0.5, 0.6) is 0 Å². The molecule has 0 spiro atoms. The highest BCUT2D eigenvalue weighted by Gasteiger charge is 2.21. The molecule has 0 atom stereocenters. The van der Waals surface area contributed by atoms with Crippen molar-refractivity contribution < 1.29 is 0 Å². The number of nitrogens with zero attached hydrogens (tertiary/aromatic N) is 2. The van der Waals surface area contributed by atoms with E-state index in [2.05, 4.69) is 28.1 Å². The van der Waals surface area contributed by atoms with Gasteiger partial charge in [-0.25, -0.2) is 0 Å². The van der Waals surface area contributed by atoms with E-state index in [4.69, 9.17) is 47.0 Å². The molecule has 1 saturated heterocycles. The first-order chi connectivity index (χ1) is 11.9. The Morgan fingerprint density at radius 2 is 1.60 bits per heavy atom. The van der Waals surface area contributed by atoms with Crippen LogP contribution >= 0.6 is 47.0 Å². The van der Waals surface area contributed by atoms with Gasteiger partial charge < -0.3 is 15.1 Å². The average Bonchev–Trinajstić information content (AvgIpc) is 2.60. The summed E-state index contributed by atoms with van der Waals surface area (Å²) in [7, 11) is 0. The number of rotatable bonds is 2. The molecule has 1 heterocycles. The van der Waals surface area contributed by atoms with Crippen LogP contribution in [0.1, 0.15) is 5.56 Å². The number of thiocarbonyl (C=S) groups is 1. The fraction of sp³-hybridized carbons (Fsp3) is 0.278. The van der Waals surface area contributed by atoms with Gasteiger partial charge in [-0.05, 0) is 55.0 Å². The minimum Gasteiger partial charge on any atom is -0.368 e. The zero-order chi connectivity index (χ0) is 18.0. The van der Waals surface area contributed by atoms with Crippen LogP contribution in [0.15, 0.2) is 36.4 Å². The van der Waals surface area contributed by atoms with Crippen LogP contribution in [0, 0.1) is 6.92 Å². The van der Waals surface area contributed by atoms with E-state index in [0.717, 1.165) is 36.9 Å². The summed E-state index contributed by atoms with van der Waals surface area (Å²) in [6, 6.07) is 11.3. The number of hydrogen-bond acceptors (Lipinski definition) is 2. The maximum atomic E-state index is 6.19. The fourth-order valence-corrected chi connectivity index (χ4v) is 3.66. The molecule has 1 N–H and O–H groups in total. The van der Waals surface area contributed by atoms with E-state index in [9.17, 15) is 0 Å². The molecular formula is C18H18Cl3N3S. The fourth-order valence-electron chi connectivity index (χ4n) is 2.86. The number of aryl methyl sites for hydroxylation is 1. The molecule has 0 saturated carbocycles. The van der Waals surface area contributed by atoms with E-state index >= 15 is 0 Å². The number of nitrogens with one attached hydrogen (secondary N) is 1. The predicted molar refractivity (Wildman–Crippen MR) is 113 cm³/mol. The van der Waals surface area contributed by atoms with Crippen LogP contribution in [0.25, 0.3) is 0 Å². The largest absolute Gasteiger partial charge is 0.368 e. The lowest BCUT2D eigenvalue weighted by Gasteiger charge is -2.38. The van der Waals surface area contributed by atoms with Gasteiger partial charge in [-0.1, -0.05) is 40.9 Å². The van der Waals surface area contributed by atoms with Gasteiger partial charge in [0.1, 0.15) is 0 Å². The van der Waals surface area contributed by atoms with E-state index in [0.29, 0.717) is 15.2 Å². The summed E-state index contributed by atoms with van der Waals surface area (Å²) in [6.07, 6.45) is 0. The lowest BCUT2D eigenvalue weighted by atomic mass is 10.1. The van der Waals surface area contributed by atoms with Gasteiger partial charge in [-0.3, -0.25) is 0 Å². The molecule has 132 valence electrons. The zero-order valence-electron chi connectivity index (χ0n) is 13.7. The minimum atomic E-state index is 0.597. The van der Waals surface area contributed by atoms with E-state index in [1.54, 1.807) is 18.2 Å². The molecule has 0 bridgehead atoms. The van der Waals surface area contributed by atoms with Gasteiger partial charge in [0.05, 0.1) is 10.7 Å². The molecule has 1 aliphatic heterocycles. The van der Waals surface area contributed by atoms with Crippen molar-refractivity contribution in [3.8, 4) is 0 Å². The van der Waals surface area contributed by atoms with Gasteiger partial charge in [0.2, 0.25) is 0 Å². The Morgan fingerprint density at radius 3 is 2.32 bits per heavy atom. The van der Waals surface area contributed by atoms with Crippen molar-refractivity contribution in [2.45, 2.75) is 6.92 Å². The van der Waals surface area contributed by atoms with Crippen molar-refractivity contribution in [2.24, 2.45) is 0 Å². The molecule has 7 heteroatoms. The molecule has 0 aliphatic carbocycles. The molecule has 3 rings (SSSR count). The molecule has 2 aromatic carbocycles. The summed E-state index contributed by atoms with van der Waals surface area (Å²) in [5, 5.41) is 5.83. The van der Waals surface area contributed by atoms with Gasteiger partial charge in [0.15, 0.2) is 5.11 Å². The lowest BCUT2D eigenvalue weighted by Crippen LogP contribution is -2.50. The highest BCUT2D eigenvalue weighted by molar-refractivity contribution is 7.80. The SMILES string of the molecule is Cc1ccc(Cl)cc1N1CCN(C(=S)Nc2cc(Cl)ccc2Cl)CC1. The summed E-state index contributed by atoms with van der Waals surface area (Å²) in [6.45, 7) is 5.52. The first-order valence-corrected chi connectivity index (χ1v) is 9.50. The highest BCUT2D eigenvalue weighted by atomic mass is 35.5. The Bertz CT molecular complexity index is 789. The van der Waals surface area contributed by atoms with E-state index < -0.39 is 0 Å². The topological polar surface area (TPSA) is 18.5 Å². The number of hydrogen-bond donors (Lipinski definition) is 1. The summed E-state index contributed by atoms with van der Waals surface area (Å²) < 4.78 is 0. The normalized spacial score (nSPS) is 14.6. The Hall–Kier alpha value is -1.20. The van der Waals surface area contributed by atoms with Crippen LogP contribution in [0.3, 0.4) is 0 Å². The first-order valence-electron chi connectivity index (χ1n) is 7.96. The first kappa shape index (κ1) is 18.6. The van der Waals surface area contributed by atoms with Crippen LogP contribution in [0.2, 0.25) is 15.1 Å².